The van der Waals surface area contributed by atoms with E-state index in [9.17, 15) is 14.0 Å². The topological polar surface area (TPSA) is 84.2 Å². The van der Waals surface area contributed by atoms with Crippen molar-refractivity contribution in [3.8, 4) is 0 Å². The summed E-state index contributed by atoms with van der Waals surface area (Å²) in [7, 11) is 1.51. The number of hydrogen-bond donors (Lipinski definition) is 2. The highest BCUT2D eigenvalue weighted by molar-refractivity contribution is 5.99. The summed E-state index contributed by atoms with van der Waals surface area (Å²) in [6.07, 6.45) is 0.956. The van der Waals surface area contributed by atoms with E-state index in [2.05, 4.69) is 10.4 Å². The fourth-order valence-corrected chi connectivity index (χ4v) is 1.73. The number of nitrogens with zero attached hydrogens (tertiary/aromatic N) is 2. The molecule has 7 heteroatoms. The first-order chi connectivity index (χ1) is 9.49. The largest absolute Gasteiger partial charge is 0.477 e. The Labute approximate surface area is 113 Å². The maximum Gasteiger partial charge on any atom is 0.341 e. The van der Waals surface area contributed by atoms with Gasteiger partial charge in [-0.1, -0.05) is 18.2 Å². The number of carbonyl (C=O) groups is 2. The summed E-state index contributed by atoms with van der Waals surface area (Å²) in [5.41, 5.74) is 0.124. The van der Waals surface area contributed by atoms with Crippen molar-refractivity contribution in [2.24, 2.45) is 7.05 Å². The van der Waals surface area contributed by atoms with Crippen LogP contribution in [0.3, 0.4) is 0 Å². The SMILES string of the molecule is Cn1ncc(C(=O)O)c1NC(=O)Cc1ccccc1F. The summed E-state index contributed by atoms with van der Waals surface area (Å²) in [6.45, 7) is 0. The van der Waals surface area contributed by atoms with Gasteiger partial charge in [0.25, 0.3) is 0 Å². The Balaban J connectivity index is 2.15. The molecule has 0 aliphatic heterocycles. The van der Waals surface area contributed by atoms with Gasteiger partial charge in [-0.15, -0.1) is 0 Å². The lowest BCUT2D eigenvalue weighted by molar-refractivity contribution is -0.115. The van der Waals surface area contributed by atoms with Gasteiger partial charge >= 0.3 is 5.97 Å². The highest BCUT2D eigenvalue weighted by Gasteiger charge is 2.17. The molecule has 0 aliphatic rings. The molecule has 2 rings (SSSR count). The third-order valence-corrected chi connectivity index (χ3v) is 2.74. The number of anilines is 1. The summed E-state index contributed by atoms with van der Waals surface area (Å²) in [6, 6.07) is 5.91. The van der Waals surface area contributed by atoms with E-state index in [0.717, 1.165) is 6.20 Å². The average Bonchev–Trinajstić information content (AvgIpc) is 2.74. The number of halogens is 1. The van der Waals surface area contributed by atoms with Crippen molar-refractivity contribution in [1.29, 1.82) is 0 Å². The Morgan fingerprint density at radius 2 is 2.10 bits per heavy atom. The maximum absolute atomic E-state index is 13.4. The van der Waals surface area contributed by atoms with Crippen LogP contribution in [0.15, 0.2) is 30.5 Å². The second-order valence-corrected chi connectivity index (χ2v) is 4.15. The highest BCUT2D eigenvalue weighted by atomic mass is 19.1. The van der Waals surface area contributed by atoms with E-state index in [-0.39, 0.29) is 23.4 Å². The second-order valence-electron chi connectivity index (χ2n) is 4.15. The van der Waals surface area contributed by atoms with Gasteiger partial charge in [-0.2, -0.15) is 5.10 Å². The van der Waals surface area contributed by atoms with Crippen LogP contribution in [0, 0.1) is 5.82 Å². The number of rotatable bonds is 4. The van der Waals surface area contributed by atoms with Crippen molar-refractivity contribution in [3.05, 3.63) is 47.4 Å². The van der Waals surface area contributed by atoms with E-state index in [1.807, 2.05) is 0 Å². The molecular weight excluding hydrogens is 265 g/mol. The first-order valence-electron chi connectivity index (χ1n) is 5.77. The summed E-state index contributed by atoms with van der Waals surface area (Å²) >= 11 is 0. The molecule has 1 amide bonds. The smallest absolute Gasteiger partial charge is 0.341 e. The van der Waals surface area contributed by atoms with Crippen LogP contribution in [0.5, 0.6) is 0 Å². The Kier molecular flexibility index (Phi) is 3.79. The molecule has 0 spiro atoms. The number of carbonyl (C=O) groups excluding carboxylic acids is 1. The lowest BCUT2D eigenvalue weighted by Gasteiger charge is -2.07. The molecule has 20 heavy (non-hydrogen) atoms. The minimum Gasteiger partial charge on any atom is -0.477 e. The van der Waals surface area contributed by atoms with Crippen LogP contribution in [0.25, 0.3) is 0 Å². The number of amides is 1. The molecule has 2 aromatic rings. The van der Waals surface area contributed by atoms with Gasteiger partial charge in [-0.3, -0.25) is 9.48 Å². The first-order valence-corrected chi connectivity index (χ1v) is 5.77. The molecule has 0 saturated carbocycles. The number of aromatic nitrogens is 2. The fourth-order valence-electron chi connectivity index (χ4n) is 1.73. The monoisotopic (exact) mass is 277 g/mol. The first kappa shape index (κ1) is 13.7. The average molecular weight is 277 g/mol. The number of benzene rings is 1. The van der Waals surface area contributed by atoms with Gasteiger partial charge in [-0.05, 0) is 11.6 Å². The van der Waals surface area contributed by atoms with E-state index < -0.39 is 17.7 Å². The third-order valence-electron chi connectivity index (χ3n) is 2.74. The lowest BCUT2D eigenvalue weighted by atomic mass is 10.1. The number of aryl methyl sites for hydroxylation is 1. The van der Waals surface area contributed by atoms with Gasteiger partial charge in [0.15, 0.2) is 0 Å². The number of nitrogens with one attached hydrogen (secondary N) is 1. The quantitative estimate of drug-likeness (QED) is 0.885. The van der Waals surface area contributed by atoms with Crippen molar-refractivity contribution >= 4 is 17.7 Å². The van der Waals surface area contributed by atoms with E-state index in [1.165, 1.54) is 29.9 Å². The summed E-state index contributed by atoms with van der Waals surface area (Å²) in [4.78, 5) is 22.8. The minimum atomic E-state index is -1.20. The normalized spacial score (nSPS) is 10.3. The van der Waals surface area contributed by atoms with Gasteiger partial charge in [0, 0.05) is 7.05 Å². The molecule has 1 aromatic carbocycles. The molecule has 0 saturated heterocycles. The zero-order chi connectivity index (χ0) is 14.7. The predicted molar refractivity (Wildman–Crippen MR) is 68.9 cm³/mol. The Morgan fingerprint density at radius 3 is 2.75 bits per heavy atom. The van der Waals surface area contributed by atoms with Gasteiger partial charge in [0.2, 0.25) is 5.91 Å². The zero-order valence-electron chi connectivity index (χ0n) is 10.6. The molecule has 2 N–H and O–H groups in total. The van der Waals surface area contributed by atoms with Crippen LogP contribution in [0.1, 0.15) is 15.9 Å². The van der Waals surface area contributed by atoms with Crippen LogP contribution in [0.2, 0.25) is 0 Å². The van der Waals surface area contributed by atoms with Gasteiger partial charge in [0.05, 0.1) is 12.6 Å². The van der Waals surface area contributed by atoms with E-state index >= 15 is 0 Å². The third kappa shape index (κ3) is 2.82. The van der Waals surface area contributed by atoms with Gasteiger partial charge in [-0.25, -0.2) is 9.18 Å². The van der Waals surface area contributed by atoms with Crippen molar-refractivity contribution < 1.29 is 19.1 Å². The summed E-state index contributed by atoms with van der Waals surface area (Å²) in [5.74, 6) is -2.12. The number of carboxylic acid groups (broad SMARTS) is 1. The molecule has 0 fully saturated rings. The zero-order valence-corrected chi connectivity index (χ0v) is 10.6. The fraction of sp³-hybridized carbons (Fsp3) is 0.154. The van der Waals surface area contributed by atoms with Crippen LogP contribution in [0.4, 0.5) is 10.2 Å². The predicted octanol–water partition coefficient (Wildman–Crippen LogP) is 1.44. The number of carboxylic acids is 1. The molecule has 1 aromatic heterocycles. The molecule has 0 aliphatic carbocycles. The Morgan fingerprint density at radius 1 is 1.40 bits per heavy atom. The van der Waals surface area contributed by atoms with Crippen LogP contribution >= 0.6 is 0 Å². The molecule has 1 heterocycles. The highest BCUT2D eigenvalue weighted by Crippen LogP contribution is 2.15. The molecular formula is C13H12FN3O3. The lowest BCUT2D eigenvalue weighted by Crippen LogP contribution is -2.19. The van der Waals surface area contributed by atoms with E-state index in [1.54, 1.807) is 6.07 Å². The van der Waals surface area contributed by atoms with Crippen molar-refractivity contribution in [1.82, 2.24) is 9.78 Å². The van der Waals surface area contributed by atoms with Crippen molar-refractivity contribution in [2.75, 3.05) is 5.32 Å². The maximum atomic E-state index is 13.4. The van der Waals surface area contributed by atoms with Crippen molar-refractivity contribution in [2.45, 2.75) is 6.42 Å². The Hall–Kier alpha value is -2.70. The molecule has 0 unspecified atom stereocenters. The summed E-state index contributed by atoms with van der Waals surface area (Å²) < 4.78 is 14.7. The van der Waals surface area contributed by atoms with Crippen LogP contribution in [-0.2, 0) is 18.3 Å². The molecule has 0 atom stereocenters. The number of aromatic carboxylic acids is 1. The standard InChI is InChI=1S/C13H12FN3O3/c1-17-12(9(7-15-17)13(19)20)16-11(18)6-8-4-2-3-5-10(8)14/h2-5,7H,6H2,1H3,(H,16,18)(H,19,20). The molecule has 0 bridgehead atoms. The Bertz CT molecular complexity index is 667. The molecule has 0 radical (unpaired) electrons. The number of hydrogen-bond acceptors (Lipinski definition) is 3. The molecule has 104 valence electrons. The molecule has 6 nitrogen and oxygen atoms in total. The van der Waals surface area contributed by atoms with Gasteiger partial charge in [0.1, 0.15) is 17.2 Å². The van der Waals surface area contributed by atoms with Crippen LogP contribution in [-0.4, -0.2) is 26.8 Å². The minimum absolute atomic E-state index is 0.0684. The van der Waals surface area contributed by atoms with Gasteiger partial charge < -0.3 is 10.4 Å². The van der Waals surface area contributed by atoms with E-state index in [4.69, 9.17) is 5.11 Å². The van der Waals surface area contributed by atoms with Crippen molar-refractivity contribution in [3.63, 3.8) is 0 Å². The second kappa shape index (κ2) is 5.52. The van der Waals surface area contributed by atoms with Crippen LogP contribution < -0.4 is 5.32 Å². The summed E-state index contributed by atoms with van der Waals surface area (Å²) in [5, 5.41) is 15.2. The van der Waals surface area contributed by atoms with E-state index in [0.29, 0.717) is 0 Å².